The van der Waals surface area contributed by atoms with Gasteiger partial charge in [-0.1, -0.05) is 32.9 Å². The van der Waals surface area contributed by atoms with Crippen molar-refractivity contribution in [3.8, 4) is 5.75 Å². The molecule has 0 aromatic heterocycles. The summed E-state index contributed by atoms with van der Waals surface area (Å²) in [6.45, 7) is 6.38. The number of anilines is 2. The van der Waals surface area contributed by atoms with Crippen molar-refractivity contribution in [3.05, 3.63) is 54.1 Å². The predicted octanol–water partition coefficient (Wildman–Crippen LogP) is 4.29. The molecule has 148 valence electrons. The fourth-order valence-electron chi connectivity index (χ4n) is 2.61. The van der Waals surface area contributed by atoms with Crippen molar-refractivity contribution in [2.75, 3.05) is 17.2 Å². The minimum absolute atomic E-state index is 0.0708. The Morgan fingerprint density at radius 2 is 1.50 bits per heavy atom. The third kappa shape index (κ3) is 6.01. The van der Waals surface area contributed by atoms with Gasteiger partial charge in [0, 0.05) is 17.4 Å². The Labute approximate surface area is 165 Å². The zero-order chi connectivity index (χ0) is 20.1. The van der Waals surface area contributed by atoms with E-state index in [4.69, 9.17) is 4.74 Å². The molecule has 2 aromatic carbocycles. The molecule has 0 spiro atoms. The van der Waals surface area contributed by atoms with E-state index in [0.717, 1.165) is 12.8 Å². The van der Waals surface area contributed by atoms with E-state index < -0.39 is 0 Å². The van der Waals surface area contributed by atoms with Crippen molar-refractivity contribution < 1.29 is 14.3 Å². The lowest BCUT2D eigenvalue weighted by Crippen LogP contribution is -2.30. The summed E-state index contributed by atoms with van der Waals surface area (Å²) in [5.74, 6) is 0.413. The number of hydrogen-bond acceptors (Lipinski definition) is 3. The third-order valence-electron chi connectivity index (χ3n) is 4.43. The summed E-state index contributed by atoms with van der Waals surface area (Å²) in [6.07, 6.45) is 2.09. The van der Waals surface area contributed by atoms with Crippen molar-refractivity contribution in [3.63, 3.8) is 0 Å². The summed E-state index contributed by atoms with van der Waals surface area (Å²) in [5.41, 5.74) is 2.61. The maximum absolute atomic E-state index is 12.1. The van der Waals surface area contributed by atoms with Crippen LogP contribution in [0.2, 0.25) is 0 Å². The van der Waals surface area contributed by atoms with Crippen LogP contribution in [0.5, 0.6) is 5.75 Å². The average molecular weight is 381 g/mol. The molecule has 0 bridgehead atoms. The van der Waals surface area contributed by atoms with Gasteiger partial charge in [0.2, 0.25) is 0 Å². The van der Waals surface area contributed by atoms with Crippen LogP contribution in [0, 0.1) is 0 Å². The molecule has 1 aliphatic carbocycles. The fraction of sp³-hybridized carbons (Fsp3) is 0.364. The molecular formula is C22H27N3O3. The van der Waals surface area contributed by atoms with E-state index in [0.29, 0.717) is 23.2 Å². The molecular weight excluding hydrogens is 354 g/mol. The van der Waals surface area contributed by atoms with Gasteiger partial charge in [0.05, 0.1) is 0 Å². The summed E-state index contributed by atoms with van der Waals surface area (Å²) in [7, 11) is 0. The van der Waals surface area contributed by atoms with Crippen LogP contribution in [0.25, 0.3) is 0 Å². The summed E-state index contributed by atoms with van der Waals surface area (Å²) < 4.78 is 5.55. The number of carbonyl (C=O) groups is 2. The summed E-state index contributed by atoms with van der Waals surface area (Å²) in [4.78, 5) is 23.8. The van der Waals surface area contributed by atoms with Gasteiger partial charge < -0.3 is 20.7 Å². The fourth-order valence-corrected chi connectivity index (χ4v) is 2.61. The molecule has 0 aliphatic heterocycles. The van der Waals surface area contributed by atoms with Gasteiger partial charge in [0.1, 0.15) is 5.75 Å². The second-order valence-electron chi connectivity index (χ2n) is 8.06. The standard InChI is InChI=1S/C22H27N3O3/c1-22(2,3)15-4-12-19(13-5-15)28-14-20(26)23-16-6-8-17(9-7-16)24-21(27)25-18-10-11-18/h4-9,12-13,18H,10-11,14H2,1-3H3,(H,23,26)(H2,24,25,27). The van der Waals surface area contributed by atoms with Crippen LogP contribution in [-0.4, -0.2) is 24.6 Å². The van der Waals surface area contributed by atoms with E-state index in [-0.39, 0.29) is 24.0 Å². The zero-order valence-electron chi connectivity index (χ0n) is 16.5. The summed E-state index contributed by atoms with van der Waals surface area (Å²) >= 11 is 0. The maximum Gasteiger partial charge on any atom is 0.319 e. The molecule has 1 fully saturated rings. The minimum Gasteiger partial charge on any atom is -0.484 e. The Morgan fingerprint density at radius 1 is 0.929 bits per heavy atom. The zero-order valence-corrected chi connectivity index (χ0v) is 16.5. The molecule has 6 nitrogen and oxygen atoms in total. The number of rotatable bonds is 6. The molecule has 3 N–H and O–H groups in total. The first kappa shape index (κ1) is 19.7. The average Bonchev–Trinajstić information content (AvgIpc) is 3.45. The number of hydrogen-bond donors (Lipinski definition) is 3. The maximum atomic E-state index is 12.1. The smallest absolute Gasteiger partial charge is 0.319 e. The van der Waals surface area contributed by atoms with Crippen LogP contribution in [0.15, 0.2) is 48.5 Å². The third-order valence-corrected chi connectivity index (χ3v) is 4.43. The molecule has 0 radical (unpaired) electrons. The van der Waals surface area contributed by atoms with Gasteiger partial charge in [-0.05, 0) is 60.2 Å². The van der Waals surface area contributed by atoms with Crippen LogP contribution in [-0.2, 0) is 10.2 Å². The predicted molar refractivity (Wildman–Crippen MR) is 111 cm³/mol. The Morgan fingerprint density at radius 3 is 2.04 bits per heavy atom. The number of nitrogens with one attached hydrogen (secondary N) is 3. The minimum atomic E-state index is -0.243. The molecule has 1 aliphatic rings. The molecule has 3 rings (SSSR count). The largest absolute Gasteiger partial charge is 0.484 e. The van der Waals surface area contributed by atoms with Crippen molar-refractivity contribution in [2.24, 2.45) is 0 Å². The van der Waals surface area contributed by atoms with Crippen molar-refractivity contribution in [1.29, 1.82) is 0 Å². The molecule has 6 heteroatoms. The van der Waals surface area contributed by atoms with Crippen LogP contribution < -0.4 is 20.7 Å². The topological polar surface area (TPSA) is 79.5 Å². The molecule has 0 saturated heterocycles. The quantitative estimate of drug-likeness (QED) is 0.698. The first-order chi connectivity index (χ1) is 13.3. The molecule has 0 atom stereocenters. The Balaban J connectivity index is 1.44. The van der Waals surface area contributed by atoms with Gasteiger partial charge in [-0.25, -0.2) is 4.79 Å². The van der Waals surface area contributed by atoms with Gasteiger partial charge in [-0.15, -0.1) is 0 Å². The van der Waals surface area contributed by atoms with E-state index >= 15 is 0 Å². The lowest BCUT2D eigenvalue weighted by molar-refractivity contribution is -0.118. The van der Waals surface area contributed by atoms with E-state index in [1.165, 1.54) is 5.56 Å². The summed E-state index contributed by atoms with van der Waals surface area (Å²) in [5, 5.41) is 8.40. The Bertz CT molecular complexity index is 820. The van der Waals surface area contributed by atoms with Crippen LogP contribution in [0.1, 0.15) is 39.2 Å². The molecule has 1 saturated carbocycles. The number of amides is 3. The number of carbonyl (C=O) groups excluding carboxylic acids is 2. The highest BCUT2D eigenvalue weighted by atomic mass is 16.5. The number of urea groups is 1. The molecule has 0 heterocycles. The normalized spacial score (nSPS) is 13.5. The lowest BCUT2D eigenvalue weighted by atomic mass is 9.87. The number of ether oxygens (including phenoxy) is 1. The molecule has 3 amide bonds. The van der Waals surface area contributed by atoms with E-state index in [1.54, 1.807) is 24.3 Å². The molecule has 28 heavy (non-hydrogen) atoms. The van der Waals surface area contributed by atoms with Gasteiger partial charge in [0.25, 0.3) is 5.91 Å². The van der Waals surface area contributed by atoms with E-state index in [1.807, 2.05) is 24.3 Å². The Hall–Kier alpha value is -3.02. The van der Waals surface area contributed by atoms with Gasteiger partial charge >= 0.3 is 6.03 Å². The van der Waals surface area contributed by atoms with Crippen molar-refractivity contribution in [1.82, 2.24) is 5.32 Å². The van der Waals surface area contributed by atoms with Crippen LogP contribution in [0.3, 0.4) is 0 Å². The van der Waals surface area contributed by atoms with Crippen LogP contribution in [0.4, 0.5) is 16.2 Å². The molecule has 2 aromatic rings. The highest BCUT2D eigenvalue weighted by Gasteiger charge is 2.23. The first-order valence-corrected chi connectivity index (χ1v) is 9.50. The van der Waals surface area contributed by atoms with Crippen molar-refractivity contribution in [2.45, 2.75) is 45.1 Å². The highest BCUT2D eigenvalue weighted by Crippen LogP contribution is 2.24. The van der Waals surface area contributed by atoms with Crippen molar-refractivity contribution >= 4 is 23.3 Å². The second-order valence-corrected chi connectivity index (χ2v) is 8.06. The monoisotopic (exact) mass is 381 g/mol. The number of benzene rings is 2. The van der Waals surface area contributed by atoms with Gasteiger partial charge in [-0.3, -0.25) is 4.79 Å². The van der Waals surface area contributed by atoms with E-state index in [9.17, 15) is 9.59 Å². The van der Waals surface area contributed by atoms with E-state index in [2.05, 4.69) is 36.7 Å². The second kappa shape index (κ2) is 8.33. The summed E-state index contributed by atoms with van der Waals surface area (Å²) in [6, 6.07) is 14.8. The lowest BCUT2D eigenvalue weighted by Gasteiger charge is -2.19. The highest BCUT2D eigenvalue weighted by molar-refractivity contribution is 5.93. The van der Waals surface area contributed by atoms with Gasteiger partial charge in [0.15, 0.2) is 6.61 Å². The SMILES string of the molecule is CC(C)(C)c1ccc(OCC(=O)Nc2ccc(NC(=O)NC3CC3)cc2)cc1. The Kier molecular flexibility index (Phi) is 5.87. The van der Waals surface area contributed by atoms with Gasteiger partial charge in [-0.2, -0.15) is 0 Å². The molecule has 0 unspecified atom stereocenters. The first-order valence-electron chi connectivity index (χ1n) is 9.50. The van der Waals surface area contributed by atoms with Crippen LogP contribution >= 0.6 is 0 Å².